The molecule has 2 aromatic heterocycles. The van der Waals surface area contributed by atoms with Gasteiger partial charge in [-0.3, -0.25) is 9.78 Å². The Morgan fingerprint density at radius 3 is 2.75 bits per heavy atom. The molecule has 2 aromatic rings. The van der Waals surface area contributed by atoms with Crippen LogP contribution >= 0.6 is 0 Å². The number of carbonyl (C=O) groups excluding carboxylic acids is 2. The third-order valence-electron chi connectivity index (χ3n) is 6.34. The maximum atomic E-state index is 12.6. The van der Waals surface area contributed by atoms with E-state index in [-0.39, 0.29) is 17.2 Å². The summed E-state index contributed by atoms with van der Waals surface area (Å²) in [5.74, 6) is -0.418. The SMILES string of the molecule is CC1(C)C=CC(=O)c2cc3c(nc21)CC[C@@]1(C)C3=CC(=O)O[C@@H]1c1ccoc1. The van der Waals surface area contributed by atoms with Crippen molar-refractivity contribution in [1.82, 2.24) is 4.98 Å². The second-order valence-electron chi connectivity index (χ2n) is 8.65. The van der Waals surface area contributed by atoms with Crippen LogP contribution in [0.3, 0.4) is 0 Å². The van der Waals surface area contributed by atoms with Crippen molar-refractivity contribution < 1.29 is 18.7 Å². The highest BCUT2D eigenvalue weighted by Gasteiger charge is 2.48. The number of allylic oxidation sites excluding steroid dienone is 2. The van der Waals surface area contributed by atoms with Gasteiger partial charge in [0.25, 0.3) is 0 Å². The smallest absolute Gasteiger partial charge is 0.331 e. The number of fused-ring (bicyclic) bond motifs is 4. The van der Waals surface area contributed by atoms with Gasteiger partial charge in [0.15, 0.2) is 5.78 Å². The van der Waals surface area contributed by atoms with Crippen molar-refractivity contribution in [3.05, 3.63) is 71.0 Å². The molecule has 5 rings (SSSR count). The predicted molar refractivity (Wildman–Crippen MR) is 103 cm³/mol. The second kappa shape index (κ2) is 5.53. The minimum absolute atomic E-state index is 0.0396. The molecule has 1 aliphatic heterocycles. The van der Waals surface area contributed by atoms with Crippen LogP contribution < -0.4 is 0 Å². The van der Waals surface area contributed by atoms with Crippen LogP contribution in [-0.2, 0) is 21.4 Å². The number of aryl methyl sites for hydroxylation is 1. The number of esters is 1. The first kappa shape index (κ1) is 17.2. The zero-order valence-corrected chi connectivity index (χ0v) is 16.1. The molecule has 142 valence electrons. The molecule has 0 aromatic carbocycles. The fourth-order valence-electron chi connectivity index (χ4n) is 4.70. The van der Waals surface area contributed by atoms with Crippen molar-refractivity contribution in [2.45, 2.75) is 45.1 Å². The summed E-state index contributed by atoms with van der Waals surface area (Å²) in [5.41, 5.74) is 4.31. The summed E-state index contributed by atoms with van der Waals surface area (Å²) in [5, 5.41) is 0. The van der Waals surface area contributed by atoms with Gasteiger partial charge in [0, 0.05) is 39.3 Å². The van der Waals surface area contributed by atoms with Crippen molar-refractivity contribution in [2.75, 3.05) is 0 Å². The Hall–Kier alpha value is -2.95. The summed E-state index contributed by atoms with van der Waals surface area (Å²) < 4.78 is 10.9. The van der Waals surface area contributed by atoms with Gasteiger partial charge >= 0.3 is 5.97 Å². The van der Waals surface area contributed by atoms with E-state index in [0.29, 0.717) is 5.56 Å². The molecule has 2 aliphatic carbocycles. The van der Waals surface area contributed by atoms with Gasteiger partial charge < -0.3 is 9.15 Å². The number of furan rings is 1. The molecule has 5 nitrogen and oxygen atoms in total. The van der Waals surface area contributed by atoms with Crippen molar-refractivity contribution in [3.8, 4) is 0 Å². The third-order valence-corrected chi connectivity index (χ3v) is 6.34. The normalized spacial score (nSPS) is 27.4. The number of ether oxygens (including phenoxy) is 1. The van der Waals surface area contributed by atoms with E-state index in [4.69, 9.17) is 14.1 Å². The van der Waals surface area contributed by atoms with Crippen LogP contribution in [0.5, 0.6) is 0 Å². The Kier molecular flexibility index (Phi) is 3.39. The van der Waals surface area contributed by atoms with Gasteiger partial charge in [-0.05, 0) is 36.6 Å². The summed E-state index contributed by atoms with van der Waals surface area (Å²) in [6.45, 7) is 6.23. The highest BCUT2D eigenvalue weighted by molar-refractivity contribution is 6.08. The van der Waals surface area contributed by atoms with Crippen LogP contribution in [0.15, 0.2) is 47.3 Å². The molecule has 0 saturated carbocycles. The molecular weight excluding hydrogens is 354 g/mol. The molecule has 0 amide bonds. The fraction of sp³-hybridized carbons (Fsp3) is 0.348. The maximum absolute atomic E-state index is 12.6. The minimum Gasteiger partial charge on any atom is -0.472 e. The number of hydrogen-bond acceptors (Lipinski definition) is 5. The Balaban J connectivity index is 1.70. The van der Waals surface area contributed by atoms with Crippen molar-refractivity contribution in [3.63, 3.8) is 0 Å². The van der Waals surface area contributed by atoms with Gasteiger partial charge in [0.1, 0.15) is 6.10 Å². The molecule has 0 unspecified atom stereocenters. The first-order valence-electron chi connectivity index (χ1n) is 9.53. The summed E-state index contributed by atoms with van der Waals surface area (Å²) in [6, 6.07) is 3.77. The van der Waals surface area contributed by atoms with Gasteiger partial charge in [0.2, 0.25) is 0 Å². The topological polar surface area (TPSA) is 69.4 Å². The lowest BCUT2D eigenvalue weighted by atomic mass is 9.64. The summed E-state index contributed by atoms with van der Waals surface area (Å²) >= 11 is 0. The van der Waals surface area contributed by atoms with E-state index in [1.54, 1.807) is 24.7 Å². The molecular formula is C23H21NO4. The van der Waals surface area contributed by atoms with Crippen LogP contribution in [0.4, 0.5) is 0 Å². The van der Waals surface area contributed by atoms with Gasteiger partial charge in [-0.2, -0.15) is 0 Å². The molecule has 0 radical (unpaired) electrons. The molecule has 28 heavy (non-hydrogen) atoms. The molecule has 0 N–H and O–H groups in total. The molecule has 0 fully saturated rings. The van der Waals surface area contributed by atoms with E-state index in [9.17, 15) is 9.59 Å². The lowest BCUT2D eigenvalue weighted by Crippen LogP contribution is -2.38. The number of ketones is 1. The van der Waals surface area contributed by atoms with E-state index >= 15 is 0 Å². The number of aromatic nitrogens is 1. The molecule has 0 saturated heterocycles. The maximum Gasteiger partial charge on any atom is 0.331 e. The van der Waals surface area contributed by atoms with E-state index in [0.717, 1.165) is 40.9 Å². The van der Waals surface area contributed by atoms with Crippen LogP contribution in [0.25, 0.3) is 5.57 Å². The van der Waals surface area contributed by atoms with Crippen molar-refractivity contribution in [1.29, 1.82) is 0 Å². The summed E-state index contributed by atoms with van der Waals surface area (Å²) in [7, 11) is 0. The quantitative estimate of drug-likeness (QED) is 0.694. The molecule has 0 bridgehead atoms. The van der Waals surface area contributed by atoms with Crippen molar-refractivity contribution >= 4 is 17.3 Å². The Labute approximate surface area is 163 Å². The zero-order chi connectivity index (χ0) is 19.7. The summed E-state index contributed by atoms with van der Waals surface area (Å²) in [6.07, 6.45) is 9.45. The van der Waals surface area contributed by atoms with Gasteiger partial charge in [-0.1, -0.05) is 26.8 Å². The lowest BCUT2D eigenvalue weighted by molar-refractivity contribution is -0.150. The number of nitrogens with zero attached hydrogens (tertiary/aromatic N) is 1. The summed E-state index contributed by atoms with van der Waals surface area (Å²) in [4.78, 5) is 29.9. The lowest BCUT2D eigenvalue weighted by Gasteiger charge is -2.45. The first-order chi connectivity index (χ1) is 13.3. The van der Waals surface area contributed by atoms with E-state index in [1.165, 1.54) is 0 Å². The van der Waals surface area contributed by atoms with Gasteiger partial charge in [-0.25, -0.2) is 4.79 Å². The van der Waals surface area contributed by atoms with Crippen LogP contribution in [0.1, 0.15) is 66.2 Å². The number of hydrogen-bond donors (Lipinski definition) is 0. The zero-order valence-electron chi connectivity index (χ0n) is 16.1. The largest absolute Gasteiger partial charge is 0.472 e. The molecule has 3 aliphatic rings. The van der Waals surface area contributed by atoms with Crippen molar-refractivity contribution in [2.24, 2.45) is 5.41 Å². The monoisotopic (exact) mass is 375 g/mol. The van der Waals surface area contributed by atoms with E-state index < -0.39 is 11.5 Å². The number of pyridine rings is 1. The average Bonchev–Trinajstić information content (AvgIpc) is 3.19. The minimum atomic E-state index is -0.421. The van der Waals surface area contributed by atoms with E-state index in [2.05, 4.69) is 20.8 Å². The van der Waals surface area contributed by atoms with Crippen LogP contribution in [0.2, 0.25) is 0 Å². The predicted octanol–water partition coefficient (Wildman–Crippen LogP) is 4.34. The third kappa shape index (κ3) is 2.28. The van der Waals surface area contributed by atoms with Gasteiger partial charge in [0.05, 0.1) is 18.2 Å². The molecule has 3 heterocycles. The Morgan fingerprint density at radius 2 is 2.00 bits per heavy atom. The second-order valence-corrected chi connectivity index (χ2v) is 8.65. The Bertz CT molecular complexity index is 1070. The van der Waals surface area contributed by atoms with Crippen LogP contribution in [0, 0.1) is 5.41 Å². The molecule has 2 atom stereocenters. The fourth-order valence-corrected chi connectivity index (χ4v) is 4.70. The van der Waals surface area contributed by atoms with E-state index in [1.807, 2.05) is 18.2 Å². The van der Waals surface area contributed by atoms with Crippen LogP contribution in [-0.4, -0.2) is 16.7 Å². The highest BCUT2D eigenvalue weighted by atomic mass is 16.5. The molecule has 0 spiro atoms. The average molecular weight is 375 g/mol. The number of carbonyl (C=O) groups is 2. The standard InChI is InChI=1S/C23H21NO4/c1-22(2)7-5-18(25)15-10-14-16-11-19(26)28-21(13-6-9-27-12-13)23(16,3)8-4-17(14)24-20(15)22/h5-7,9-12,21H,4,8H2,1-3H3/t21-,23+/m1/s1. The first-order valence-corrected chi connectivity index (χ1v) is 9.53. The Morgan fingerprint density at radius 1 is 1.18 bits per heavy atom. The highest BCUT2D eigenvalue weighted by Crippen LogP contribution is 2.55. The van der Waals surface area contributed by atoms with Gasteiger partial charge in [-0.15, -0.1) is 0 Å². The molecule has 5 heteroatoms. The number of rotatable bonds is 1. The number of cyclic esters (lactones) is 1.